The van der Waals surface area contributed by atoms with E-state index in [1.54, 1.807) is 18.2 Å². The first-order valence-corrected chi connectivity index (χ1v) is 5.82. The van der Waals surface area contributed by atoms with Gasteiger partial charge in [-0.25, -0.2) is 4.79 Å². The molecule has 98 valence electrons. The van der Waals surface area contributed by atoms with Gasteiger partial charge in [-0.2, -0.15) is 0 Å². The number of nitrogens with one attached hydrogen (secondary N) is 1. The van der Waals surface area contributed by atoms with Crippen molar-refractivity contribution in [2.75, 3.05) is 6.54 Å². The van der Waals surface area contributed by atoms with E-state index in [1.807, 2.05) is 6.92 Å². The van der Waals surface area contributed by atoms with E-state index < -0.39 is 12.1 Å². The van der Waals surface area contributed by atoms with Crippen LogP contribution in [0.3, 0.4) is 0 Å². The summed E-state index contributed by atoms with van der Waals surface area (Å²) in [6, 6.07) is 6.47. The monoisotopic (exact) mass is 251 g/mol. The van der Waals surface area contributed by atoms with E-state index in [9.17, 15) is 9.59 Å². The first-order valence-electron chi connectivity index (χ1n) is 5.82. The molecule has 18 heavy (non-hydrogen) atoms. The lowest BCUT2D eigenvalue weighted by molar-refractivity contribution is -0.144. The molecule has 0 radical (unpaired) electrons. The highest BCUT2D eigenvalue weighted by atomic mass is 16.5. The molecular weight excluding hydrogens is 234 g/mol. The number of carbonyl (C=O) groups is 2. The largest absolute Gasteiger partial charge is 0.479 e. The average molecular weight is 251 g/mol. The van der Waals surface area contributed by atoms with Crippen LogP contribution in [0.4, 0.5) is 0 Å². The summed E-state index contributed by atoms with van der Waals surface area (Å²) in [6.45, 7) is 4.01. The van der Waals surface area contributed by atoms with Crippen molar-refractivity contribution in [3.63, 3.8) is 0 Å². The van der Waals surface area contributed by atoms with Gasteiger partial charge >= 0.3 is 5.97 Å². The highest BCUT2D eigenvalue weighted by molar-refractivity contribution is 5.94. The minimum absolute atomic E-state index is 0.190. The van der Waals surface area contributed by atoms with Crippen LogP contribution < -0.4 is 10.1 Å². The number of rotatable bonds is 6. The molecule has 1 amide bonds. The van der Waals surface area contributed by atoms with Gasteiger partial charge in [0, 0.05) is 12.1 Å². The predicted octanol–water partition coefficient (Wildman–Crippen LogP) is 1.68. The molecule has 0 aliphatic carbocycles. The van der Waals surface area contributed by atoms with Crippen LogP contribution in [-0.4, -0.2) is 29.6 Å². The molecule has 0 saturated carbocycles. The topological polar surface area (TPSA) is 75.6 Å². The van der Waals surface area contributed by atoms with Gasteiger partial charge in [-0.05, 0) is 31.5 Å². The summed E-state index contributed by atoms with van der Waals surface area (Å²) in [6.07, 6.45) is -0.0863. The minimum Gasteiger partial charge on any atom is -0.479 e. The maximum atomic E-state index is 11.7. The Morgan fingerprint density at radius 3 is 2.78 bits per heavy atom. The van der Waals surface area contributed by atoms with E-state index >= 15 is 0 Å². The van der Waals surface area contributed by atoms with E-state index in [0.29, 0.717) is 17.9 Å². The van der Waals surface area contributed by atoms with Gasteiger partial charge in [0.05, 0.1) is 0 Å². The van der Waals surface area contributed by atoms with Crippen molar-refractivity contribution in [2.45, 2.75) is 26.4 Å². The molecule has 0 saturated heterocycles. The second-order valence-electron chi connectivity index (χ2n) is 3.88. The molecule has 0 aliphatic rings. The molecule has 1 aromatic carbocycles. The quantitative estimate of drug-likeness (QED) is 0.806. The van der Waals surface area contributed by atoms with Crippen molar-refractivity contribution in [3.05, 3.63) is 29.8 Å². The fourth-order valence-corrected chi connectivity index (χ4v) is 1.31. The fourth-order valence-electron chi connectivity index (χ4n) is 1.31. The Bertz CT molecular complexity index is 431. The molecule has 1 unspecified atom stereocenters. The Morgan fingerprint density at radius 1 is 1.44 bits per heavy atom. The zero-order valence-corrected chi connectivity index (χ0v) is 10.5. The normalized spacial score (nSPS) is 11.7. The van der Waals surface area contributed by atoms with Crippen LogP contribution >= 0.6 is 0 Å². The Hall–Kier alpha value is -2.04. The predicted molar refractivity (Wildman–Crippen MR) is 66.8 cm³/mol. The van der Waals surface area contributed by atoms with Crippen molar-refractivity contribution >= 4 is 11.9 Å². The van der Waals surface area contributed by atoms with Gasteiger partial charge < -0.3 is 15.2 Å². The zero-order valence-electron chi connectivity index (χ0n) is 10.5. The Kier molecular flexibility index (Phi) is 5.17. The number of hydrogen-bond donors (Lipinski definition) is 2. The Morgan fingerprint density at radius 2 is 2.17 bits per heavy atom. The molecule has 5 heteroatoms. The molecule has 1 rings (SSSR count). The number of ether oxygens (including phenoxy) is 1. The highest BCUT2D eigenvalue weighted by Crippen LogP contribution is 2.15. The van der Waals surface area contributed by atoms with Crippen molar-refractivity contribution in [2.24, 2.45) is 0 Å². The van der Waals surface area contributed by atoms with Crippen LogP contribution in [0.2, 0.25) is 0 Å². The van der Waals surface area contributed by atoms with E-state index in [-0.39, 0.29) is 5.91 Å². The summed E-state index contributed by atoms with van der Waals surface area (Å²) in [4.78, 5) is 22.4. The van der Waals surface area contributed by atoms with Gasteiger partial charge in [-0.1, -0.05) is 13.0 Å². The third-order valence-electron chi connectivity index (χ3n) is 2.29. The molecule has 1 aromatic rings. The van der Waals surface area contributed by atoms with Crippen molar-refractivity contribution in [1.29, 1.82) is 0 Å². The third kappa shape index (κ3) is 4.08. The standard InChI is InChI=1S/C13H17NO4/c1-3-7-14-12(15)10-5-4-6-11(8-10)18-9(2)13(16)17/h4-6,8-9H,3,7H2,1-2H3,(H,14,15)(H,16,17). The lowest BCUT2D eigenvalue weighted by Gasteiger charge is -2.11. The Labute approximate surface area is 106 Å². The van der Waals surface area contributed by atoms with Crippen LogP contribution in [0.15, 0.2) is 24.3 Å². The SMILES string of the molecule is CCCNC(=O)c1cccc(OC(C)C(=O)O)c1. The smallest absolute Gasteiger partial charge is 0.344 e. The molecule has 0 fully saturated rings. The number of carbonyl (C=O) groups excluding carboxylic acids is 1. The number of aliphatic carboxylic acids is 1. The van der Waals surface area contributed by atoms with E-state index in [0.717, 1.165) is 6.42 Å². The van der Waals surface area contributed by atoms with Crippen LogP contribution in [-0.2, 0) is 4.79 Å². The molecular formula is C13H17NO4. The minimum atomic E-state index is -1.05. The second-order valence-corrected chi connectivity index (χ2v) is 3.88. The molecule has 2 N–H and O–H groups in total. The summed E-state index contributed by atoms with van der Waals surface area (Å²) in [7, 11) is 0. The number of carboxylic acid groups (broad SMARTS) is 1. The molecule has 1 atom stereocenters. The lowest BCUT2D eigenvalue weighted by atomic mass is 10.2. The molecule has 0 aromatic heterocycles. The van der Waals surface area contributed by atoms with Gasteiger partial charge in [-0.3, -0.25) is 4.79 Å². The van der Waals surface area contributed by atoms with Crippen LogP contribution in [0, 0.1) is 0 Å². The summed E-state index contributed by atoms with van der Waals surface area (Å²) < 4.78 is 5.19. The van der Waals surface area contributed by atoms with Gasteiger partial charge in [0.2, 0.25) is 0 Å². The first-order chi connectivity index (χ1) is 8.54. The summed E-state index contributed by atoms with van der Waals surface area (Å²) in [5.41, 5.74) is 0.457. The Balaban J connectivity index is 2.73. The molecule has 0 heterocycles. The zero-order chi connectivity index (χ0) is 13.5. The number of hydrogen-bond acceptors (Lipinski definition) is 3. The van der Waals surface area contributed by atoms with Crippen LogP contribution in [0.25, 0.3) is 0 Å². The second kappa shape index (κ2) is 6.64. The van der Waals surface area contributed by atoms with Crippen molar-refractivity contribution in [3.8, 4) is 5.75 Å². The maximum Gasteiger partial charge on any atom is 0.344 e. The van der Waals surface area contributed by atoms with Crippen LogP contribution in [0.1, 0.15) is 30.6 Å². The van der Waals surface area contributed by atoms with Crippen LogP contribution in [0.5, 0.6) is 5.75 Å². The summed E-state index contributed by atoms with van der Waals surface area (Å²) >= 11 is 0. The molecule has 5 nitrogen and oxygen atoms in total. The van der Waals surface area contributed by atoms with E-state index in [4.69, 9.17) is 9.84 Å². The third-order valence-corrected chi connectivity index (χ3v) is 2.29. The number of benzene rings is 1. The number of carboxylic acids is 1. The first kappa shape index (κ1) is 14.0. The van der Waals surface area contributed by atoms with E-state index in [2.05, 4.69) is 5.32 Å². The number of amides is 1. The van der Waals surface area contributed by atoms with Gasteiger partial charge in [0.15, 0.2) is 6.10 Å². The van der Waals surface area contributed by atoms with Gasteiger partial charge in [-0.15, -0.1) is 0 Å². The van der Waals surface area contributed by atoms with Gasteiger partial charge in [0.1, 0.15) is 5.75 Å². The molecule has 0 spiro atoms. The lowest BCUT2D eigenvalue weighted by Crippen LogP contribution is -2.25. The highest BCUT2D eigenvalue weighted by Gasteiger charge is 2.13. The summed E-state index contributed by atoms with van der Waals surface area (Å²) in [5.74, 6) is -0.866. The van der Waals surface area contributed by atoms with E-state index in [1.165, 1.54) is 13.0 Å². The van der Waals surface area contributed by atoms with Gasteiger partial charge in [0.25, 0.3) is 5.91 Å². The van der Waals surface area contributed by atoms with Crippen molar-refractivity contribution < 1.29 is 19.4 Å². The molecule has 0 aliphatic heterocycles. The van der Waals surface area contributed by atoms with Crippen molar-refractivity contribution in [1.82, 2.24) is 5.32 Å². The average Bonchev–Trinajstić information content (AvgIpc) is 2.36. The summed E-state index contributed by atoms with van der Waals surface area (Å²) in [5, 5.41) is 11.5. The fraction of sp³-hybridized carbons (Fsp3) is 0.385. The molecule has 0 bridgehead atoms. The maximum absolute atomic E-state index is 11.7.